The number of nitrogens with two attached hydrogens (primary N) is 2. The van der Waals surface area contributed by atoms with Crippen LogP contribution in [0.4, 0.5) is 0 Å². The Morgan fingerprint density at radius 3 is 1.69 bits per heavy atom. The molecule has 16 heavy (non-hydrogen) atoms. The molecule has 0 spiro atoms. The monoisotopic (exact) mass is 232 g/mol. The summed E-state index contributed by atoms with van der Waals surface area (Å²) in [5, 5.41) is 6.25. The molecule has 0 bridgehead atoms. The highest BCUT2D eigenvalue weighted by molar-refractivity contribution is 5.78. The maximum Gasteiger partial charge on any atom is 0.135 e. The number of rotatable bonds is 9. The second-order valence-electron chi connectivity index (χ2n) is 3.29. The standard InChI is InChI=1S/C9H22N4O.C2H6/c1-8(14)9(6-12-4-2-10)7-13-5-3-11;1-2/h9,12-13H,2-7,10-11H2,1H3;1-2H3. The number of carbonyl (C=O) groups is 1. The summed E-state index contributed by atoms with van der Waals surface area (Å²) in [5.74, 6) is 0.215. The summed E-state index contributed by atoms with van der Waals surface area (Å²) in [5.41, 5.74) is 10.7. The van der Waals surface area contributed by atoms with Crippen molar-refractivity contribution in [3.05, 3.63) is 0 Å². The van der Waals surface area contributed by atoms with Crippen LogP contribution in [0, 0.1) is 5.92 Å². The van der Waals surface area contributed by atoms with Crippen LogP contribution < -0.4 is 22.1 Å². The zero-order valence-corrected chi connectivity index (χ0v) is 10.9. The molecular formula is C11H28N4O. The number of ketones is 1. The van der Waals surface area contributed by atoms with Crippen LogP contribution >= 0.6 is 0 Å². The molecule has 0 aromatic carbocycles. The van der Waals surface area contributed by atoms with Gasteiger partial charge in [0.25, 0.3) is 0 Å². The first-order valence-corrected chi connectivity index (χ1v) is 6.04. The molecule has 0 unspecified atom stereocenters. The average Bonchev–Trinajstić information content (AvgIpc) is 2.30. The summed E-state index contributed by atoms with van der Waals surface area (Å²) >= 11 is 0. The van der Waals surface area contributed by atoms with Crippen molar-refractivity contribution in [3.8, 4) is 0 Å². The first-order valence-electron chi connectivity index (χ1n) is 6.04. The summed E-state index contributed by atoms with van der Waals surface area (Å²) < 4.78 is 0. The van der Waals surface area contributed by atoms with Crippen LogP contribution in [0.1, 0.15) is 20.8 Å². The predicted molar refractivity (Wildman–Crippen MR) is 69.4 cm³/mol. The van der Waals surface area contributed by atoms with E-state index in [4.69, 9.17) is 11.5 Å². The van der Waals surface area contributed by atoms with E-state index in [2.05, 4.69) is 10.6 Å². The van der Waals surface area contributed by atoms with Crippen LogP contribution in [0.5, 0.6) is 0 Å². The lowest BCUT2D eigenvalue weighted by molar-refractivity contribution is -0.120. The van der Waals surface area contributed by atoms with Crippen LogP contribution in [0.25, 0.3) is 0 Å². The van der Waals surface area contributed by atoms with Gasteiger partial charge in [0.05, 0.1) is 0 Å². The first kappa shape index (κ1) is 17.9. The third-order valence-corrected chi connectivity index (χ3v) is 2.00. The third kappa shape index (κ3) is 11.6. The van der Waals surface area contributed by atoms with E-state index in [0.717, 1.165) is 13.1 Å². The van der Waals surface area contributed by atoms with Crippen molar-refractivity contribution in [2.75, 3.05) is 39.3 Å². The van der Waals surface area contributed by atoms with Gasteiger partial charge in [-0.15, -0.1) is 0 Å². The second kappa shape index (κ2) is 14.5. The minimum Gasteiger partial charge on any atom is -0.329 e. The summed E-state index contributed by atoms with van der Waals surface area (Å²) in [6.07, 6.45) is 0. The van der Waals surface area contributed by atoms with E-state index in [1.165, 1.54) is 0 Å². The van der Waals surface area contributed by atoms with E-state index in [1.54, 1.807) is 6.92 Å². The summed E-state index contributed by atoms with van der Waals surface area (Å²) in [4.78, 5) is 11.2. The fraction of sp³-hybridized carbons (Fsp3) is 0.909. The van der Waals surface area contributed by atoms with Gasteiger partial charge in [0.1, 0.15) is 5.78 Å². The molecular weight excluding hydrogens is 204 g/mol. The van der Waals surface area contributed by atoms with Crippen molar-refractivity contribution in [2.45, 2.75) is 20.8 Å². The smallest absolute Gasteiger partial charge is 0.135 e. The molecule has 0 aliphatic heterocycles. The molecule has 0 heterocycles. The molecule has 0 aromatic heterocycles. The summed E-state index contributed by atoms with van der Waals surface area (Å²) in [6.45, 7) is 9.68. The summed E-state index contributed by atoms with van der Waals surface area (Å²) in [6, 6.07) is 0. The maximum absolute atomic E-state index is 11.2. The minimum atomic E-state index is 0.0214. The lowest BCUT2D eigenvalue weighted by Crippen LogP contribution is -2.38. The van der Waals surface area contributed by atoms with Gasteiger partial charge in [0, 0.05) is 45.2 Å². The highest BCUT2D eigenvalue weighted by Gasteiger charge is 2.12. The molecule has 0 amide bonds. The van der Waals surface area contributed by atoms with Crippen molar-refractivity contribution < 1.29 is 4.79 Å². The molecule has 0 aromatic rings. The van der Waals surface area contributed by atoms with Crippen molar-refractivity contribution in [2.24, 2.45) is 17.4 Å². The molecule has 0 rings (SSSR count). The molecule has 0 atom stereocenters. The van der Waals surface area contributed by atoms with Gasteiger partial charge in [-0.05, 0) is 6.92 Å². The van der Waals surface area contributed by atoms with Crippen LogP contribution in [0.2, 0.25) is 0 Å². The van der Waals surface area contributed by atoms with Gasteiger partial charge in [0.2, 0.25) is 0 Å². The molecule has 5 heteroatoms. The number of hydrogen-bond acceptors (Lipinski definition) is 5. The lowest BCUT2D eigenvalue weighted by Gasteiger charge is -2.14. The minimum absolute atomic E-state index is 0.0214. The van der Waals surface area contributed by atoms with E-state index in [0.29, 0.717) is 26.2 Å². The van der Waals surface area contributed by atoms with E-state index in [1.807, 2.05) is 13.8 Å². The number of hydrogen-bond donors (Lipinski definition) is 4. The molecule has 0 aliphatic carbocycles. The van der Waals surface area contributed by atoms with Gasteiger partial charge in [-0.25, -0.2) is 0 Å². The zero-order valence-electron chi connectivity index (χ0n) is 10.9. The second-order valence-corrected chi connectivity index (χ2v) is 3.29. The molecule has 0 saturated carbocycles. The maximum atomic E-state index is 11.2. The summed E-state index contributed by atoms with van der Waals surface area (Å²) in [7, 11) is 0. The first-order chi connectivity index (χ1) is 7.72. The Kier molecular flexibility index (Phi) is 16.2. The Labute approximate surface area is 99.3 Å². The largest absolute Gasteiger partial charge is 0.329 e. The van der Waals surface area contributed by atoms with Gasteiger partial charge < -0.3 is 22.1 Å². The van der Waals surface area contributed by atoms with Gasteiger partial charge in [-0.2, -0.15) is 0 Å². The fourth-order valence-electron chi connectivity index (χ4n) is 1.12. The van der Waals surface area contributed by atoms with E-state index >= 15 is 0 Å². The lowest BCUT2D eigenvalue weighted by atomic mass is 10.1. The Morgan fingerprint density at radius 1 is 1.06 bits per heavy atom. The quantitative estimate of drug-likeness (QED) is 0.395. The van der Waals surface area contributed by atoms with Crippen molar-refractivity contribution in [3.63, 3.8) is 0 Å². The van der Waals surface area contributed by atoms with Gasteiger partial charge in [-0.1, -0.05) is 13.8 Å². The van der Waals surface area contributed by atoms with Crippen LogP contribution in [0.3, 0.4) is 0 Å². The van der Waals surface area contributed by atoms with E-state index in [-0.39, 0.29) is 11.7 Å². The van der Waals surface area contributed by atoms with Gasteiger partial charge in [0.15, 0.2) is 0 Å². The Morgan fingerprint density at radius 2 is 1.44 bits per heavy atom. The van der Waals surface area contributed by atoms with Crippen LogP contribution in [-0.2, 0) is 4.79 Å². The van der Waals surface area contributed by atoms with E-state index in [9.17, 15) is 4.79 Å². The Balaban J connectivity index is 0. The Hall–Kier alpha value is -0.490. The highest BCUT2D eigenvalue weighted by atomic mass is 16.1. The van der Waals surface area contributed by atoms with Crippen molar-refractivity contribution in [1.82, 2.24) is 10.6 Å². The number of carbonyl (C=O) groups excluding carboxylic acids is 1. The Bertz CT molecular complexity index is 143. The molecule has 0 radical (unpaired) electrons. The van der Waals surface area contributed by atoms with Gasteiger partial charge >= 0.3 is 0 Å². The third-order valence-electron chi connectivity index (χ3n) is 2.00. The SMILES string of the molecule is CC.CC(=O)C(CNCCN)CNCCN. The molecule has 0 saturated heterocycles. The molecule has 0 aliphatic rings. The molecule has 0 fully saturated rings. The normalized spacial score (nSPS) is 9.88. The zero-order chi connectivity index (χ0) is 12.8. The highest BCUT2D eigenvalue weighted by Crippen LogP contribution is 1.94. The van der Waals surface area contributed by atoms with Crippen LogP contribution in [-0.4, -0.2) is 45.1 Å². The molecule has 6 N–H and O–H groups in total. The average molecular weight is 232 g/mol. The molecule has 5 nitrogen and oxygen atoms in total. The fourth-order valence-corrected chi connectivity index (χ4v) is 1.12. The van der Waals surface area contributed by atoms with Crippen molar-refractivity contribution in [1.29, 1.82) is 0 Å². The topological polar surface area (TPSA) is 93.2 Å². The van der Waals surface area contributed by atoms with Crippen LogP contribution in [0.15, 0.2) is 0 Å². The predicted octanol–water partition coefficient (Wildman–Crippen LogP) is -0.686. The van der Waals surface area contributed by atoms with Gasteiger partial charge in [-0.3, -0.25) is 4.79 Å². The molecule has 98 valence electrons. The van der Waals surface area contributed by atoms with Crippen molar-refractivity contribution >= 4 is 5.78 Å². The number of Topliss-reactive ketones (excluding diaryl/α,β-unsaturated/α-hetero) is 1. The number of nitrogens with one attached hydrogen (secondary N) is 2. The van der Waals surface area contributed by atoms with E-state index < -0.39 is 0 Å².